The second-order valence-electron chi connectivity index (χ2n) is 8.86. The number of aromatic nitrogens is 2. The van der Waals surface area contributed by atoms with Crippen molar-refractivity contribution in [2.24, 2.45) is 15.7 Å². The Hall–Kier alpha value is -4.32. The summed E-state index contributed by atoms with van der Waals surface area (Å²) in [7, 11) is -1.68. The number of carboxylic acid groups (broad SMARTS) is 1. The first-order valence-corrected chi connectivity index (χ1v) is 13.6. The van der Waals surface area contributed by atoms with Gasteiger partial charge in [0.05, 0.1) is 18.9 Å². The van der Waals surface area contributed by atoms with Crippen LogP contribution in [-0.4, -0.2) is 77.9 Å². The molecule has 0 fully saturated rings. The molecule has 1 aromatic heterocycles. The molecule has 2 aromatic carbocycles. The van der Waals surface area contributed by atoms with E-state index in [0.717, 1.165) is 29.2 Å². The van der Waals surface area contributed by atoms with Gasteiger partial charge in [-0.1, -0.05) is 30.3 Å². The molecule has 38 heavy (non-hydrogen) atoms. The fourth-order valence-corrected chi connectivity index (χ4v) is 5.21. The maximum absolute atomic E-state index is 12.3. The Morgan fingerprint density at radius 2 is 1.76 bits per heavy atom. The number of ether oxygens (including phenoxy) is 1. The molecule has 5 rings (SSSR count). The van der Waals surface area contributed by atoms with Crippen molar-refractivity contribution < 1.29 is 23.1 Å². The van der Waals surface area contributed by atoms with E-state index in [1.165, 1.54) is 12.6 Å². The second-order valence-corrected chi connectivity index (χ2v) is 11.2. The Bertz CT molecular complexity index is 1490. The number of aliphatic imine (C=N–C) groups is 2. The van der Waals surface area contributed by atoms with E-state index in [1.54, 1.807) is 24.4 Å². The van der Waals surface area contributed by atoms with Gasteiger partial charge in [0, 0.05) is 37.7 Å². The highest BCUT2D eigenvalue weighted by Crippen LogP contribution is 2.43. The van der Waals surface area contributed by atoms with Gasteiger partial charge < -0.3 is 15.6 Å². The molecular formula is C26H28N6O5S. The van der Waals surface area contributed by atoms with Crippen molar-refractivity contribution in [3.63, 3.8) is 0 Å². The van der Waals surface area contributed by atoms with Crippen LogP contribution >= 0.6 is 0 Å². The lowest BCUT2D eigenvalue weighted by atomic mass is 9.81. The van der Waals surface area contributed by atoms with Gasteiger partial charge in [-0.05, 0) is 34.9 Å². The number of methoxy groups -OCH3 is 1. The number of nitrogens with zero attached hydrogens (tertiary/aromatic N) is 5. The predicted octanol–water partition coefficient (Wildman–Crippen LogP) is 1.94. The molecule has 3 aromatic rings. The van der Waals surface area contributed by atoms with Gasteiger partial charge in [0.2, 0.25) is 0 Å². The maximum Gasteiger partial charge on any atom is 0.300 e. The summed E-state index contributed by atoms with van der Waals surface area (Å²) in [5.41, 5.74) is 8.85. The quantitative estimate of drug-likeness (QED) is 0.496. The van der Waals surface area contributed by atoms with Gasteiger partial charge in [0.1, 0.15) is 17.9 Å². The first kappa shape index (κ1) is 26.7. The summed E-state index contributed by atoms with van der Waals surface area (Å²) in [4.78, 5) is 28.7. The van der Waals surface area contributed by atoms with Crippen LogP contribution < -0.4 is 10.5 Å². The molecule has 0 spiro atoms. The largest absolute Gasteiger partial charge is 0.497 e. The standard InChI is InChI=1S/C24H24N6O3S.C2H4O2/c1-33-20-8-6-18(7-9-20)24(19-5-3-4-16(10-19)17-11-26-15-27-12-17)22-28-13-21(34(2,31)32)14-30(22)23(25)29-24;1-2(3)4/h3-12,15,21H,13-14H2,1-2H3,(H2,25,29);1H3,(H,3,4). The fourth-order valence-electron chi connectivity index (χ4n) is 4.44. The van der Waals surface area contributed by atoms with Crippen LogP contribution in [0.5, 0.6) is 5.75 Å². The minimum absolute atomic E-state index is 0.150. The number of amidine groups is 1. The van der Waals surface area contributed by atoms with E-state index in [-0.39, 0.29) is 19.0 Å². The SMILES string of the molecule is CC(=O)O.COc1ccc(C2(c3cccc(-c4cncnc4)c3)N=C(N)N3CC(S(C)(=O)=O)CN=C32)cc1. The van der Waals surface area contributed by atoms with Gasteiger partial charge in [-0.2, -0.15) is 0 Å². The monoisotopic (exact) mass is 536 g/mol. The number of carboxylic acids is 1. The van der Waals surface area contributed by atoms with Gasteiger partial charge in [-0.15, -0.1) is 0 Å². The van der Waals surface area contributed by atoms with Crippen molar-refractivity contribution in [1.29, 1.82) is 0 Å². The fraction of sp³-hybridized carbons (Fsp3) is 0.269. The number of benzene rings is 2. The summed E-state index contributed by atoms with van der Waals surface area (Å²) in [6, 6.07) is 15.5. The highest BCUT2D eigenvalue weighted by atomic mass is 32.2. The van der Waals surface area contributed by atoms with E-state index >= 15 is 0 Å². The lowest BCUT2D eigenvalue weighted by molar-refractivity contribution is -0.134. The van der Waals surface area contributed by atoms with Gasteiger partial charge in [-0.25, -0.2) is 23.4 Å². The number of aliphatic carboxylic acids is 1. The smallest absolute Gasteiger partial charge is 0.300 e. The summed E-state index contributed by atoms with van der Waals surface area (Å²) in [6.45, 7) is 1.44. The normalized spacial score (nSPS) is 20.4. The number of rotatable bonds is 5. The van der Waals surface area contributed by atoms with Gasteiger partial charge >= 0.3 is 0 Å². The Kier molecular flexibility index (Phi) is 7.44. The topological polar surface area (TPSA) is 160 Å². The van der Waals surface area contributed by atoms with E-state index in [0.29, 0.717) is 11.6 Å². The molecule has 0 radical (unpaired) electrons. The molecule has 0 saturated carbocycles. The summed E-state index contributed by atoms with van der Waals surface area (Å²) in [5.74, 6) is 0.719. The van der Waals surface area contributed by atoms with Crippen LogP contribution in [-0.2, 0) is 20.2 Å². The lowest BCUT2D eigenvalue weighted by Crippen LogP contribution is -2.52. The molecule has 198 valence electrons. The number of carbonyl (C=O) groups is 1. The van der Waals surface area contributed by atoms with Crippen molar-refractivity contribution in [1.82, 2.24) is 14.9 Å². The average Bonchev–Trinajstić information content (AvgIpc) is 3.21. The van der Waals surface area contributed by atoms with Crippen LogP contribution in [0.25, 0.3) is 11.1 Å². The van der Waals surface area contributed by atoms with Crippen LogP contribution in [0.3, 0.4) is 0 Å². The Labute approximate surface area is 220 Å². The number of nitrogens with two attached hydrogens (primary N) is 1. The van der Waals surface area contributed by atoms with Crippen molar-refractivity contribution in [2.45, 2.75) is 17.7 Å². The molecule has 0 aliphatic carbocycles. The molecular weight excluding hydrogens is 508 g/mol. The summed E-state index contributed by atoms with van der Waals surface area (Å²) < 4.78 is 29.9. The van der Waals surface area contributed by atoms with Crippen molar-refractivity contribution in [2.75, 3.05) is 26.5 Å². The van der Waals surface area contributed by atoms with Crippen molar-refractivity contribution in [3.05, 3.63) is 78.4 Å². The highest BCUT2D eigenvalue weighted by Gasteiger charge is 2.51. The summed E-state index contributed by atoms with van der Waals surface area (Å²) in [5, 5.41) is 6.77. The van der Waals surface area contributed by atoms with Crippen molar-refractivity contribution >= 4 is 27.6 Å². The third-order valence-corrected chi connectivity index (χ3v) is 7.77. The van der Waals surface area contributed by atoms with Crippen molar-refractivity contribution in [3.8, 4) is 16.9 Å². The van der Waals surface area contributed by atoms with Crippen LogP contribution in [0.15, 0.2) is 77.2 Å². The number of sulfone groups is 1. The van der Waals surface area contributed by atoms with Gasteiger partial charge in [-0.3, -0.25) is 14.7 Å². The lowest BCUT2D eigenvalue weighted by Gasteiger charge is -2.35. The van der Waals surface area contributed by atoms with Gasteiger partial charge in [0.25, 0.3) is 5.97 Å². The molecule has 2 atom stereocenters. The zero-order chi connectivity index (χ0) is 27.5. The number of guanidine groups is 1. The average molecular weight is 537 g/mol. The molecule has 0 bridgehead atoms. The Morgan fingerprint density at radius 1 is 1.11 bits per heavy atom. The predicted molar refractivity (Wildman–Crippen MR) is 144 cm³/mol. The Morgan fingerprint density at radius 3 is 2.37 bits per heavy atom. The number of hydrogen-bond donors (Lipinski definition) is 2. The van der Waals surface area contributed by atoms with E-state index in [9.17, 15) is 8.42 Å². The molecule has 2 unspecified atom stereocenters. The molecule has 0 saturated heterocycles. The summed E-state index contributed by atoms with van der Waals surface area (Å²) in [6.07, 6.45) is 6.21. The minimum atomic E-state index is -3.30. The van der Waals surface area contributed by atoms with Crippen LogP contribution in [0, 0.1) is 0 Å². The van der Waals surface area contributed by atoms with E-state index < -0.39 is 26.6 Å². The third-order valence-electron chi connectivity index (χ3n) is 6.26. The molecule has 2 aliphatic rings. The van der Waals surface area contributed by atoms with Gasteiger partial charge in [0.15, 0.2) is 21.3 Å². The zero-order valence-electron chi connectivity index (χ0n) is 21.1. The molecule has 11 nitrogen and oxygen atoms in total. The molecule has 12 heteroatoms. The second kappa shape index (κ2) is 10.6. The first-order valence-electron chi connectivity index (χ1n) is 11.6. The molecule has 0 amide bonds. The molecule has 3 N–H and O–H groups in total. The molecule has 2 aliphatic heterocycles. The summed E-state index contributed by atoms with van der Waals surface area (Å²) >= 11 is 0. The van der Waals surface area contributed by atoms with E-state index in [2.05, 4.69) is 9.97 Å². The first-order chi connectivity index (χ1) is 18.1. The Balaban J connectivity index is 0.000000786. The van der Waals surface area contributed by atoms with Crippen LogP contribution in [0.2, 0.25) is 0 Å². The van der Waals surface area contributed by atoms with Crippen LogP contribution in [0.1, 0.15) is 18.1 Å². The van der Waals surface area contributed by atoms with Crippen LogP contribution in [0.4, 0.5) is 0 Å². The highest BCUT2D eigenvalue weighted by molar-refractivity contribution is 7.91. The maximum atomic E-state index is 12.3. The van der Waals surface area contributed by atoms with E-state index in [4.69, 9.17) is 30.4 Å². The minimum Gasteiger partial charge on any atom is -0.497 e. The number of hydrogen-bond acceptors (Lipinski definition) is 10. The van der Waals surface area contributed by atoms with E-state index in [1.807, 2.05) is 48.5 Å². The zero-order valence-corrected chi connectivity index (χ0v) is 22.0. The number of fused-ring (bicyclic) bond motifs is 1. The third kappa shape index (κ3) is 5.21. The molecule has 3 heterocycles.